The highest BCUT2D eigenvalue weighted by molar-refractivity contribution is 6.42. The average Bonchev–Trinajstić information content (AvgIpc) is 2.77. The molecule has 2 heterocycles. The number of carbonyl (C=O) groups is 1. The van der Waals surface area contributed by atoms with Crippen LogP contribution in [0.15, 0.2) is 54.9 Å². The van der Waals surface area contributed by atoms with Crippen molar-refractivity contribution in [1.82, 2.24) is 15.3 Å². The number of hydrogen-bond acceptors (Lipinski definition) is 5. The van der Waals surface area contributed by atoms with Crippen LogP contribution < -0.4 is 15.5 Å². The fourth-order valence-corrected chi connectivity index (χ4v) is 3.47. The first-order chi connectivity index (χ1) is 14.1. The van der Waals surface area contributed by atoms with Crippen LogP contribution in [-0.2, 0) is 0 Å². The fourth-order valence-electron chi connectivity index (χ4n) is 3.17. The molecular weight excluding hydrogens is 409 g/mol. The lowest BCUT2D eigenvalue weighted by molar-refractivity contribution is 0.102. The largest absolute Gasteiger partial charge is 0.369 e. The molecule has 1 aliphatic rings. The Balaban J connectivity index is 1.47. The molecule has 0 aliphatic carbocycles. The van der Waals surface area contributed by atoms with Gasteiger partial charge >= 0.3 is 0 Å². The maximum Gasteiger partial charge on any atom is 0.274 e. The Kier molecular flexibility index (Phi) is 5.94. The second-order valence-electron chi connectivity index (χ2n) is 6.66. The average molecular weight is 428 g/mol. The topological polar surface area (TPSA) is 70.2 Å². The highest BCUT2D eigenvalue weighted by Gasteiger charge is 2.13. The Labute approximate surface area is 178 Å². The SMILES string of the molecule is O=C(Nc1ccc(N2CCNCC2)cc1)c1cc(-c2ccc(Cl)c(Cl)c2)ncn1. The molecule has 1 aliphatic heterocycles. The molecule has 1 amide bonds. The first kappa shape index (κ1) is 19.6. The van der Waals surface area contributed by atoms with Gasteiger partial charge in [0.2, 0.25) is 0 Å². The normalized spacial score (nSPS) is 13.9. The lowest BCUT2D eigenvalue weighted by Gasteiger charge is -2.29. The van der Waals surface area contributed by atoms with Gasteiger partial charge in [0.25, 0.3) is 5.91 Å². The number of aromatic nitrogens is 2. The predicted molar refractivity (Wildman–Crippen MR) is 117 cm³/mol. The van der Waals surface area contributed by atoms with E-state index in [0.29, 0.717) is 21.4 Å². The summed E-state index contributed by atoms with van der Waals surface area (Å²) in [4.78, 5) is 23.3. The van der Waals surface area contributed by atoms with Crippen LogP contribution >= 0.6 is 23.2 Å². The van der Waals surface area contributed by atoms with E-state index in [9.17, 15) is 4.79 Å². The standard InChI is InChI=1S/C21H19Cl2N5O/c22-17-6-1-14(11-18(17)23)19-12-20(26-13-25-19)21(29)27-15-2-4-16(5-3-15)28-9-7-24-8-10-28/h1-6,11-13,24H,7-10H2,(H,27,29). The molecule has 0 radical (unpaired) electrons. The quantitative estimate of drug-likeness (QED) is 0.655. The zero-order valence-electron chi connectivity index (χ0n) is 15.5. The molecule has 2 N–H and O–H groups in total. The summed E-state index contributed by atoms with van der Waals surface area (Å²) in [5, 5.41) is 7.11. The van der Waals surface area contributed by atoms with Gasteiger partial charge in [0.05, 0.1) is 15.7 Å². The Bertz CT molecular complexity index is 1020. The zero-order valence-corrected chi connectivity index (χ0v) is 17.0. The van der Waals surface area contributed by atoms with Gasteiger partial charge in [-0.05, 0) is 42.5 Å². The van der Waals surface area contributed by atoms with Gasteiger partial charge in [0.1, 0.15) is 12.0 Å². The summed E-state index contributed by atoms with van der Waals surface area (Å²) < 4.78 is 0. The van der Waals surface area contributed by atoms with Gasteiger partial charge in [-0.15, -0.1) is 0 Å². The number of nitrogens with zero attached hydrogens (tertiary/aromatic N) is 3. The van der Waals surface area contributed by atoms with Crippen LogP contribution in [0.5, 0.6) is 0 Å². The number of halogens is 2. The first-order valence-electron chi connectivity index (χ1n) is 9.25. The molecule has 2 aromatic carbocycles. The number of benzene rings is 2. The number of rotatable bonds is 4. The summed E-state index contributed by atoms with van der Waals surface area (Å²) in [7, 11) is 0. The van der Waals surface area contributed by atoms with Crippen LogP contribution in [0, 0.1) is 0 Å². The Morgan fingerprint density at radius 1 is 0.966 bits per heavy atom. The minimum absolute atomic E-state index is 0.271. The Morgan fingerprint density at radius 2 is 1.72 bits per heavy atom. The van der Waals surface area contributed by atoms with Crippen molar-refractivity contribution in [2.24, 2.45) is 0 Å². The van der Waals surface area contributed by atoms with E-state index in [1.165, 1.54) is 6.33 Å². The minimum Gasteiger partial charge on any atom is -0.369 e. The van der Waals surface area contributed by atoms with Gasteiger partial charge in [-0.3, -0.25) is 4.79 Å². The smallest absolute Gasteiger partial charge is 0.274 e. The number of carbonyl (C=O) groups excluding carboxylic acids is 1. The number of nitrogens with one attached hydrogen (secondary N) is 2. The maximum atomic E-state index is 12.6. The number of piperazine rings is 1. The molecule has 1 aromatic heterocycles. The summed E-state index contributed by atoms with van der Waals surface area (Å²) in [6.07, 6.45) is 1.36. The van der Waals surface area contributed by atoms with Crippen molar-refractivity contribution in [2.75, 3.05) is 36.4 Å². The van der Waals surface area contributed by atoms with E-state index in [1.54, 1.807) is 24.3 Å². The van der Waals surface area contributed by atoms with Gasteiger partial charge in [0.15, 0.2) is 0 Å². The molecule has 1 saturated heterocycles. The van der Waals surface area contributed by atoms with Crippen LogP contribution in [0.4, 0.5) is 11.4 Å². The van der Waals surface area contributed by atoms with Crippen molar-refractivity contribution in [3.05, 3.63) is 70.6 Å². The van der Waals surface area contributed by atoms with E-state index in [4.69, 9.17) is 23.2 Å². The molecule has 148 valence electrons. The molecule has 0 saturated carbocycles. The Hall–Kier alpha value is -2.67. The van der Waals surface area contributed by atoms with Gasteiger partial charge in [-0.1, -0.05) is 29.3 Å². The van der Waals surface area contributed by atoms with Crippen molar-refractivity contribution in [1.29, 1.82) is 0 Å². The molecule has 1 fully saturated rings. The van der Waals surface area contributed by atoms with Gasteiger partial charge < -0.3 is 15.5 Å². The van der Waals surface area contributed by atoms with Crippen molar-refractivity contribution >= 4 is 40.5 Å². The van der Waals surface area contributed by atoms with Crippen molar-refractivity contribution < 1.29 is 4.79 Å². The molecule has 0 unspecified atom stereocenters. The molecule has 4 rings (SSSR count). The van der Waals surface area contributed by atoms with Crippen LogP contribution in [-0.4, -0.2) is 42.1 Å². The van der Waals surface area contributed by atoms with Crippen molar-refractivity contribution in [2.45, 2.75) is 0 Å². The summed E-state index contributed by atoms with van der Waals surface area (Å²) >= 11 is 12.0. The van der Waals surface area contributed by atoms with Gasteiger partial charge in [-0.2, -0.15) is 0 Å². The molecule has 8 heteroatoms. The van der Waals surface area contributed by atoms with Crippen molar-refractivity contribution in [3.63, 3.8) is 0 Å². The summed E-state index contributed by atoms with van der Waals surface area (Å²) in [5.41, 5.74) is 3.48. The molecular formula is C21H19Cl2N5O. The molecule has 6 nitrogen and oxygen atoms in total. The third-order valence-electron chi connectivity index (χ3n) is 4.72. The highest BCUT2D eigenvalue weighted by atomic mass is 35.5. The third kappa shape index (κ3) is 4.67. The number of anilines is 2. The van der Waals surface area contributed by atoms with Gasteiger partial charge in [0, 0.05) is 43.1 Å². The van der Waals surface area contributed by atoms with Crippen molar-refractivity contribution in [3.8, 4) is 11.3 Å². The van der Waals surface area contributed by atoms with E-state index >= 15 is 0 Å². The molecule has 0 spiro atoms. The monoisotopic (exact) mass is 427 g/mol. The highest BCUT2D eigenvalue weighted by Crippen LogP contribution is 2.27. The minimum atomic E-state index is -0.302. The Morgan fingerprint density at radius 3 is 2.45 bits per heavy atom. The maximum absolute atomic E-state index is 12.6. The van der Waals surface area contributed by atoms with Crippen LogP contribution in [0.1, 0.15) is 10.5 Å². The second-order valence-corrected chi connectivity index (χ2v) is 7.47. The second kappa shape index (κ2) is 8.78. The summed E-state index contributed by atoms with van der Waals surface area (Å²) in [5.74, 6) is -0.302. The summed E-state index contributed by atoms with van der Waals surface area (Å²) in [6, 6.07) is 14.7. The van der Waals surface area contributed by atoms with E-state index < -0.39 is 0 Å². The van der Waals surface area contributed by atoms with Crippen LogP contribution in [0.3, 0.4) is 0 Å². The molecule has 29 heavy (non-hydrogen) atoms. The predicted octanol–water partition coefficient (Wildman–Crippen LogP) is 4.11. The molecule has 0 bridgehead atoms. The lowest BCUT2D eigenvalue weighted by Crippen LogP contribution is -2.43. The van der Waals surface area contributed by atoms with E-state index in [1.807, 2.05) is 24.3 Å². The van der Waals surface area contributed by atoms with E-state index in [0.717, 1.165) is 37.4 Å². The lowest BCUT2D eigenvalue weighted by atomic mass is 10.1. The zero-order chi connectivity index (χ0) is 20.2. The summed E-state index contributed by atoms with van der Waals surface area (Å²) in [6.45, 7) is 3.91. The molecule has 0 atom stereocenters. The number of amides is 1. The third-order valence-corrected chi connectivity index (χ3v) is 5.46. The fraction of sp³-hybridized carbons (Fsp3) is 0.190. The van der Waals surface area contributed by atoms with E-state index in [-0.39, 0.29) is 11.6 Å². The number of hydrogen-bond donors (Lipinski definition) is 2. The molecule has 3 aromatic rings. The van der Waals surface area contributed by atoms with E-state index in [2.05, 4.69) is 25.5 Å². The van der Waals surface area contributed by atoms with Crippen LogP contribution in [0.2, 0.25) is 10.0 Å². The van der Waals surface area contributed by atoms with Crippen LogP contribution in [0.25, 0.3) is 11.3 Å². The van der Waals surface area contributed by atoms with Gasteiger partial charge in [-0.25, -0.2) is 9.97 Å². The first-order valence-corrected chi connectivity index (χ1v) is 10.0.